The normalized spacial score (nSPS) is 15.7. The molecule has 1 saturated heterocycles. The second kappa shape index (κ2) is 9.07. The number of carbonyl (C=O) groups excluding carboxylic acids is 1. The molecule has 31 heavy (non-hydrogen) atoms. The van der Waals surface area contributed by atoms with E-state index in [1.54, 1.807) is 44.8 Å². The highest BCUT2D eigenvalue weighted by atomic mass is 16.5. The van der Waals surface area contributed by atoms with Gasteiger partial charge in [0.25, 0.3) is 0 Å². The van der Waals surface area contributed by atoms with Gasteiger partial charge < -0.3 is 24.3 Å². The lowest BCUT2D eigenvalue weighted by molar-refractivity contribution is 0.204. The molecule has 3 aromatic rings. The summed E-state index contributed by atoms with van der Waals surface area (Å²) in [6.07, 6.45) is 7.27. The SMILES string of the molecule is COc1ccc(NC(=O)N2CCCC2c2ncc(C)n2Cc2ccncc2)cc1OC. The first-order valence-electron chi connectivity index (χ1n) is 10.3. The lowest BCUT2D eigenvalue weighted by Gasteiger charge is -2.26. The molecule has 1 aliphatic rings. The van der Waals surface area contributed by atoms with Crippen molar-refractivity contribution in [1.82, 2.24) is 19.4 Å². The predicted molar refractivity (Wildman–Crippen MR) is 118 cm³/mol. The summed E-state index contributed by atoms with van der Waals surface area (Å²) in [5.41, 5.74) is 2.88. The first kappa shape index (κ1) is 20.7. The molecule has 0 radical (unpaired) electrons. The Bertz CT molecular complexity index is 1050. The third kappa shape index (κ3) is 4.33. The van der Waals surface area contributed by atoms with E-state index in [9.17, 15) is 4.79 Å². The smallest absolute Gasteiger partial charge is 0.322 e. The molecule has 162 valence electrons. The summed E-state index contributed by atoms with van der Waals surface area (Å²) in [7, 11) is 3.16. The van der Waals surface area contributed by atoms with Gasteiger partial charge >= 0.3 is 6.03 Å². The second-order valence-electron chi connectivity index (χ2n) is 7.55. The molecule has 1 aliphatic heterocycles. The van der Waals surface area contributed by atoms with Crippen molar-refractivity contribution in [2.24, 2.45) is 0 Å². The van der Waals surface area contributed by atoms with Crippen molar-refractivity contribution in [2.75, 3.05) is 26.1 Å². The molecule has 4 rings (SSSR count). The van der Waals surface area contributed by atoms with Gasteiger partial charge in [-0.3, -0.25) is 4.98 Å². The van der Waals surface area contributed by atoms with Gasteiger partial charge in [0.05, 0.1) is 20.3 Å². The summed E-state index contributed by atoms with van der Waals surface area (Å²) in [6.45, 7) is 3.43. The van der Waals surface area contributed by atoms with Gasteiger partial charge in [-0.1, -0.05) is 0 Å². The standard InChI is InChI=1S/C23H27N5O3/c1-16-14-25-22(28(16)15-17-8-10-24-11-9-17)19-5-4-12-27(19)23(29)26-18-6-7-20(30-2)21(13-18)31-3/h6-11,13-14,19H,4-5,12,15H2,1-3H3,(H,26,29). The van der Waals surface area contributed by atoms with Crippen LogP contribution < -0.4 is 14.8 Å². The Kier molecular flexibility index (Phi) is 6.06. The molecule has 8 heteroatoms. The lowest BCUT2D eigenvalue weighted by atomic mass is 10.2. The van der Waals surface area contributed by atoms with Gasteiger partial charge in [-0.2, -0.15) is 0 Å². The average Bonchev–Trinajstić information content (AvgIpc) is 3.41. The van der Waals surface area contributed by atoms with Crippen LogP contribution in [0.2, 0.25) is 0 Å². The Morgan fingerprint density at radius 2 is 1.94 bits per heavy atom. The fourth-order valence-corrected chi connectivity index (χ4v) is 4.01. The minimum atomic E-state index is -0.147. The Morgan fingerprint density at radius 1 is 1.16 bits per heavy atom. The number of methoxy groups -OCH3 is 2. The van der Waals surface area contributed by atoms with Crippen LogP contribution in [-0.2, 0) is 6.54 Å². The molecule has 1 aromatic carbocycles. The van der Waals surface area contributed by atoms with Crippen LogP contribution in [0.5, 0.6) is 11.5 Å². The molecule has 0 bridgehead atoms. The molecule has 0 spiro atoms. The number of nitrogens with one attached hydrogen (secondary N) is 1. The molecule has 1 unspecified atom stereocenters. The van der Waals surface area contributed by atoms with Crippen LogP contribution >= 0.6 is 0 Å². The van der Waals surface area contributed by atoms with E-state index in [-0.39, 0.29) is 12.1 Å². The third-order valence-corrected chi connectivity index (χ3v) is 5.62. The Hall–Kier alpha value is -3.55. The third-order valence-electron chi connectivity index (χ3n) is 5.62. The number of ether oxygens (including phenoxy) is 2. The number of hydrogen-bond donors (Lipinski definition) is 1. The van der Waals surface area contributed by atoms with Crippen molar-refractivity contribution in [3.8, 4) is 11.5 Å². The zero-order valence-corrected chi connectivity index (χ0v) is 18.0. The van der Waals surface area contributed by atoms with Crippen LogP contribution in [-0.4, -0.2) is 46.2 Å². The van der Waals surface area contributed by atoms with Crippen molar-refractivity contribution in [3.63, 3.8) is 0 Å². The average molecular weight is 422 g/mol. The summed E-state index contributed by atoms with van der Waals surface area (Å²) >= 11 is 0. The van der Waals surface area contributed by atoms with Crippen LogP contribution in [0, 0.1) is 6.92 Å². The summed E-state index contributed by atoms with van der Waals surface area (Å²) in [4.78, 5) is 23.8. The minimum absolute atomic E-state index is 0.0734. The summed E-state index contributed by atoms with van der Waals surface area (Å²) in [5.74, 6) is 2.10. The van der Waals surface area contributed by atoms with E-state index in [0.717, 1.165) is 29.9 Å². The van der Waals surface area contributed by atoms with Crippen LogP contribution in [0.25, 0.3) is 0 Å². The van der Waals surface area contributed by atoms with E-state index in [4.69, 9.17) is 9.47 Å². The maximum absolute atomic E-state index is 13.1. The first-order chi connectivity index (χ1) is 15.1. The molecular formula is C23H27N5O3. The van der Waals surface area contributed by atoms with E-state index in [2.05, 4.69) is 19.9 Å². The highest BCUT2D eigenvalue weighted by molar-refractivity contribution is 5.90. The number of benzene rings is 1. The number of anilines is 1. The van der Waals surface area contributed by atoms with E-state index < -0.39 is 0 Å². The zero-order chi connectivity index (χ0) is 21.8. The number of carbonyl (C=O) groups is 1. The highest BCUT2D eigenvalue weighted by Gasteiger charge is 2.33. The summed E-state index contributed by atoms with van der Waals surface area (Å²) < 4.78 is 12.8. The highest BCUT2D eigenvalue weighted by Crippen LogP contribution is 2.34. The molecule has 2 amide bonds. The van der Waals surface area contributed by atoms with Gasteiger partial charge in [0.2, 0.25) is 0 Å². The quantitative estimate of drug-likeness (QED) is 0.650. The van der Waals surface area contributed by atoms with E-state index in [1.165, 1.54) is 0 Å². The van der Waals surface area contributed by atoms with Crippen molar-refractivity contribution < 1.29 is 14.3 Å². The van der Waals surface area contributed by atoms with Gasteiger partial charge in [-0.05, 0) is 49.6 Å². The maximum atomic E-state index is 13.1. The number of urea groups is 1. The number of aromatic nitrogens is 3. The van der Waals surface area contributed by atoms with Crippen molar-refractivity contribution in [1.29, 1.82) is 0 Å². The number of likely N-dealkylation sites (tertiary alicyclic amines) is 1. The second-order valence-corrected chi connectivity index (χ2v) is 7.55. The molecule has 1 fully saturated rings. The van der Waals surface area contributed by atoms with Gasteiger partial charge in [0.15, 0.2) is 11.5 Å². The monoisotopic (exact) mass is 421 g/mol. The zero-order valence-electron chi connectivity index (χ0n) is 18.0. The first-order valence-corrected chi connectivity index (χ1v) is 10.3. The van der Waals surface area contributed by atoms with Gasteiger partial charge in [0.1, 0.15) is 5.82 Å². The number of aryl methyl sites for hydroxylation is 1. The number of rotatable bonds is 6. The molecule has 0 aliphatic carbocycles. The van der Waals surface area contributed by atoms with Crippen LogP contribution in [0.1, 0.15) is 36.0 Å². The van der Waals surface area contributed by atoms with Crippen molar-refractivity contribution >= 4 is 11.7 Å². The fraction of sp³-hybridized carbons (Fsp3) is 0.348. The largest absolute Gasteiger partial charge is 0.493 e. The topological polar surface area (TPSA) is 81.5 Å². The number of nitrogens with zero attached hydrogens (tertiary/aromatic N) is 4. The van der Waals surface area contributed by atoms with Gasteiger partial charge in [-0.15, -0.1) is 0 Å². The maximum Gasteiger partial charge on any atom is 0.322 e. The van der Waals surface area contributed by atoms with Crippen LogP contribution in [0.15, 0.2) is 48.9 Å². The Labute approximate surface area is 181 Å². The molecule has 3 heterocycles. The van der Waals surface area contributed by atoms with E-state index in [1.807, 2.05) is 30.2 Å². The van der Waals surface area contributed by atoms with Crippen LogP contribution in [0.4, 0.5) is 10.5 Å². The minimum Gasteiger partial charge on any atom is -0.493 e. The number of pyridine rings is 1. The van der Waals surface area contributed by atoms with E-state index >= 15 is 0 Å². The molecule has 1 atom stereocenters. The molecule has 2 aromatic heterocycles. The molecule has 0 saturated carbocycles. The Balaban J connectivity index is 1.54. The number of amides is 2. The van der Waals surface area contributed by atoms with Crippen molar-refractivity contribution in [2.45, 2.75) is 32.4 Å². The molecule has 1 N–H and O–H groups in total. The summed E-state index contributed by atoms with van der Waals surface area (Å²) in [5, 5.41) is 2.99. The molecule has 8 nitrogen and oxygen atoms in total. The Morgan fingerprint density at radius 3 is 2.68 bits per heavy atom. The van der Waals surface area contributed by atoms with Crippen molar-refractivity contribution in [3.05, 3.63) is 66.0 Å². The fourth-order valence-electron chi connectivity index (χ4n) is 4.01. The van der Waals surface area contributed by atoms with E-state index in [0.29, 0.717) is 30.3 Å². The predicted octanol–water partition coefficient (Wildman–Crippen LogP) is 4.02. The molecular weight excluding hydrogens is 394 g/mol. The summed E-state index contributed by atoms with van der Waals surface area (Å²) in [6, 6.07) is 9.12. The lowest BCUT2D eigenvalue weighted by Crippen LogP contribution is -2.35. The van der Waals surface area contributed by atoms with Gasteiger partial charge in [0, 0.05) is 49.1 Å². The number of hydrogen-bond acceptors (Lipinski definition) is 5. The van der Waals surface area contributed by atoms with Crippen LogP contribution in [0.3, 0.4) is 0 Å². The van der Waals surface area contributed by atoms with Gasteiger partial charge in [-0.25, -0.2) is 9.78 Å². The number of imidazole rings is 1.